The lowest BCUT2D eigenvalue weighted by Gasteiger charge is -2.30. The maximum absolute atomic E-state index is 12.3. The highest BCUT2D eigenvalue weighted by Gasteiger charge is 2.23. The van der Waals surface area contributed by atoms with Crippen molar-refractivity contribution >= 4 is 5.82 Å². The topological polar surface area (TPSA) is 83.3 Å². The first-order valence-electron chi connectivity index (χ1n) is 8.59. The van der Waals surface area contributed by atoms with Gasteiger partial charge in [-0.25, -0.2) is 4.79 Å². The summed E-state index contributed by atoms with van der Waals surface area (Å²) in [5.74, 6) is 1.24. The first-order chi connectivity index (χ1) is 12.7. The predicted molar refractivity (Wildman–Crippen MR) is 98.2 cm³/mol. The van der Waals surface area contributed by atoms with E-state index in [1.807, 2.05) is 18.2 Å². The average molecular weight is 352 g/mol. The van der Waals surface area contributed by atoms with E-state index < -0.39 is 5.69 Å². The molecule has 4 rings (SSSR count). The summed E-state index contributed by atoms with van der Waals surface area (Å²) in [4.78, 5) is 29.1. The van der Waals surface area contributed by atoms with E-state index in [2.05, 4.69) is 27.3 Å². The summed E-state index contributed by atoms with van der Waals surface area (Å²) in [6.07, 6.45) is 2.47. The molecule has 0 atom stereocenters. The van der Waals surface area contributed by atoms with Gasteiger partial charge >= 0.3 is 5.69 Å². The van der Waals surface area contributed by atoms with Gasteiger partial charge in [-0.1, -0.05) is 30.3 Å². The van der Waals surface area contributed by atoms with Gasteiger partial charge in [0.05, 0.1) is 25.0 Å². The van der Waals surface area contributed by atoms with E-state index in [-0.39, 0.29) is 12.1 Å². The third kappa shape index (κ3) is 3.34. The SMILES string of the molecule is O=c1[nH]c(=O)n(Cc2ccco2)c2c1CN(CCc1ccccc1)CN2. The van der Waals surface area contributed by atoms with E-state index in [4.69, 9.17) is 4.42 Å². The Bertz CT molecular complexity index is 990. The van der Waals surface area contributed by atoms with Gasteiger partial charge in [-0.2, -0.15) is 0 Å². The van der Waals surface area contributed by atoms with Crippen LogP contribution in [-0.2, 0) is 19.5 Å². The number of rotatable bonds is 5. The number of anilines is 1. The average Bonchev–Trinajstić information content (AvgIpc) is 3.17. The number of fused-ring (bicyclic) bond motifs is 1. The molecule has 0 aliphatic carbocycles. The molecule has 1 aromatic carbocycles. The second kappa shape index (κ2) is 7.05. The molecule has 0 fully saturated rings. The number of aromatic amines is 1. The van der Waals surface area contributed by atoms with Gasteiger partial charge in [0.1, 0.15) is 11.6 Å². The Kier molecular flexibility index (Phi) is 4.45. The number of furan rings is 1. The van der Waals surface area contributed by atoms with Crippen LogP contribution in [0.1, 0.15) is 16.9 Å². The van der Waals surface area contributed by atoms with E-state index in [0.29, 0.717) is 30.4 Å². The Balaban J connectivity index is 1.55. The molecule has 0 amide bonds. The second-order valence-corrected chi connectivity index (χ2v) is 6.37. The normalized spacial score (nSPS) is 14.0. The van der Waals surface area contributed by atoms with Crippen LogP contribution in [0.4, 0.5) is 5.82 Å². The minimum atomic E-state index is -0.435. The van der Waals surface area contributed by atoms with Gasteiger partial charge in [0.2, 0.25) is 0 Å². The highest BCUT2D eigenvalue weighted by atomic mass is 16.3. The van der Waals surface area contributed by atoms with Gasteiger partial charge < -0.3 is 9.73 Å². The number of benzene rings is 1. The van der Waals surface area contributed by atoms with Crippen molar-refractivity contribution in [3.05, 3.63) is 86.5 Å². The number of H-pyrrole nitrogens is 1. The number of hydrogen-bond donors (Lipinski definition) is 2. The summed E-state index contributed by atoms with van der Waals surface area (Å²) in [6, 6.07) is 13.8. The molecule has 2 N–H and O–H groups in total. The zero-order chi connectivity index (χ0) is 17.9. The number of nitrogens with one attached hydrogen (secondary N) is 2. The van der Waals surface area contributed by atoms with Crippen molar-refractivity contribution in [3.8, 4) is 0 Å². The lowest BCUT2D eigenvalue weighted by atomic mass is 10.1. The Morgan fingerprint density at radius 2 is 1.92 bits per heavy atom. The van der Waals surface area contributed by atoms with Crippen molar-refractivity contribution in [2.24, 2.45) is 0 Å². The quantitative estimate of drug-likeness (QED) is 0.729. The summed E-state index contributed by atoms with van der Waals surface area (Å²) in [6.45, 7) is 2.19. The van der Waals surface area contributed by atoms with Crippen LogP contribution in [0, 0.1) is 0 Å². The standard InChI is InChI=1S/C19H20N4O3/c24-18-16-12-22(9-8-14-5-2-1-3-6-14)13-20-17(16)23(19(25)21-18)11-15-7-4-10-26-15/h1-7,10,20H,8-9,11-13H2,(H,21,24,25). The van der Waals surface area contributed by atoms with Crippen molar-refractivity contribution in [2.45, 2.75) is 19.5 Å². The molecule has 0 unspecified atom stereocenters. The fourth-order valence-corrected chi connectivity index (χ4v) is 3.23. The number of hydrogen-bond acceptors (Lipinski definition) is 5. The summed E-state index contributed by atoms with van der Waals surface area (Å²) < 4.78 is 6.85. The molecule has 3 aromatic rings. The fourth-order valence-electron chi connectivity index (χ4n) is 3.23. The van der Waals surface area contributed by atoms with Crippen LogP contribution < -0.4 is 16.6 Å². The molecule has 7 heteroatoms. The molecule has 1 aliphatic rings. The molecule has 0 spiro atoms. The zero-order valence-corrected chi connectivity index (χ0v) is 14.3. The van der Waals surface area contributed by atoms with Gasteiger partial charge in [0.15, 0.2) is 0 Å². The maximum atomic E-state index is 12.3. The molecular formula is C19H20N4O3. The number of aromatic nitrogens is 2. The van der Waals surface area contributed by atoms with E-state index in [0.717, 1.165) is 13.0 Å². The van der Waals surface area contributed by atoms with Crippen LogP contribution in [-0.4, -0.2) is 27.7 Å². The van der Waals surface area contributed by atoms with Crippen molar-refractivity contribution in [1.29, 1.82) is 0 Å². The van der Waals surface area contributed by atoms with Gasteiger partial charge in [0, 0.05) is 13.1 Å². The molecular weight excluding hydrogens is 332 g/mol. The highest BCUT2D eigenvalue weighted by Crippen LogP contribution is 2.18. The molecule has 1 aliphatic heterocycles. The van der Waals surface area contributed by atoms with E-state index in [1.165, 1.54) is 10.1 Å². The van der Waals surface area contributed by atoms with E-state index in [1.54, 1.807) is 18.4 Å². The number of nitrogens with zero attached hydrogens (tertiary/aromatic N) is 2. The predicted octanol–water partition coefficient (Wildman–Crippen LogP) is 1.61. The Morgan fingerprint density at radius 1 is 1.08 bits per heavy atom. The van der Waals surface area contributed by atoms with Gasteiger partial charge in [-0.05, 0) is 24.1 Å². The minimum absolute atomic E-state index is 0.280. The van der Waals surface area contributed by atoms with E-state index in [9.17, 15) is 9.59 Å². The van der Waals surface area contributed by atoms with Crippen LogP contribution in [0.3, 0.4) is 0 Å². The molecule has 0 radical (unpaired) electrons. The van der Waals surface area contributed by atoms with Crippen molar-refractivity contribution in [2.75, 3.05) is 18.5 Å². The monoisotopic (exact) mass is 352 g/mol. The van der Waals surface area contributed by atoms with Crippen LogP contribution in [0.2, 0.25) is 0 Å². The van der Waals surface area contributed by atoms with Crippen LogP contribution in [0.25, 0.3) is 0 Å². The molecule has 0 saturated heterocycles. The molecule has 0 bridgehead atoms. The van der Waals surface area contributed by atoms with Gasteiger partial charge in [-0.15, -0.1) is 0 Å². The lowest BCUT2D eigenvalue weighted by molar-refractivity contribution is 0.274. The second-order valence-electron chi connectivity index (χ2n) is 6.37. The smallest absolute Gasteiger partial charge is 0.330 e. The minimum Gasteiger partial charge on any atom is -0.467 e. The summed E-state index contributed by atoms with van der Waals surface area (Å²) in [7, 11) is 0. The first-order valence-corrected chi connectivity index (χ1v) is 8.59. The summed E-state index contributed by atoms with van der Waals surface area (Å²) in [5.41, 5.74) is 1.07. The highest BCUT2D eigenvalue weighted by molar-refractivity contribution is 5.45. The lowest BCUT2D eigenvalue weighted by Crippen LogP contribution is -2.43. The van der Waals surface area contributed by atoms with E-state index >= 15 is 0 Å². The van der Waals surface area contributed by atoms with Crippen molar-refractivity contribution < 1.29 is 4.42 Å². The fraction of sp³-hybridized carbons (Fsp3) is 0.263. The largest absolute Gasteiger partial charge is 0.467 e. The molecule has 134 valence electrons. The Morgan fingerprint density at radius 3 is 2.69 bits per heavy atom. The van der Waals surface area contributed by atoms with Crippen LogP contribution in [0.15, 0.2) is 62.7 Å². The summed E-state index contributed by atoms with van der Waals surface area (Å²) >= 11 is 0. The molecule has 3 heterocycles. The summed E-state index contributed by atoms with van der Waals surface area (Å²) in [5, 5.41) is 3.24. The third-order valence-electron chi connectivity index (χ3n) is 4.60. The Hall–Kier alpha value is -3.06. The molecule has 26 heavy (non-hydrogen) atoms. The zero-order valence-electron chi connectivity index (χ0n) is 14.3. The maximum Gasteiger partial charge on any atom is 0.330 e. The Labute approximate surface area is 149 Å². The molecule has 0 saturated carbocycles. The van der Waals surface area contributed by atoms with Crippen LogP contribution >= 0.6 is 0 Å². The van der Waals surface area contributed by atoms with Crippen LogP contribution in [0.5, 0.6) is 0 Å². The molecule has 7 nitrogen and oxygen atoms in total. The first kappa shape index (κ1) is 16.4. The van der Waals surface area contributed by atoms with Gasteiger partial charge in [0.25, 0.3) is 5.56 Å². The van der Waals surface area contributed by atoms with Crippen molar-refractivity contribution in [1.82, 2.24) is 14.5 Å². The van der Waals surface area contributed by atoms with Gasteiger partial charge in [-0.3, -0.25) is 19.2 Å². The third-order valence-corrected chi connectivity index (χ3v) is 4.60. The van der Waals surface area contributed by atoms with Crippen molar-refractivity contribution in [3.63, 3.8) is 0 Å². The molecule has 2 aromatic heterocycles.